The van der Waals surface area contributed by atoms with Gasteiger partial charge in [-0.25, -0.2) is 0 Å². The monoisotopic (exact) mass is 355 g/mol. The van der Waals surface area contributed by atoms with Crippen molar-refractivity contribution >= 4 is 11.8 Å². The molecule has 26 heavy (non-hydrogen) atoms. The lowest BCUT2D eigenvalue weighted by molar-refractivity contribution is -0.131. The summed E-state index contributed by atoms with van der Waals surface area (Å²) in [5.41, 5.74) is 4.67. The fourth-order valence-electron chi connectivity index (χ4n) is 3.42. The van der Waals surface area contributed by atoms with E-state index in [1.165, 1.54) is 6.92 Å². The number of H-pyrrole nitrogens is 1. The smallest absolute Gasteiger partial charge is 0.227 e. The fourth-order valence-corrected chi connectivity index (χ4v) is 3.42. The Morgan fingerprint density at radius 1 is 1.35 bits per heavy atom. The summed E-state index contributed by atoms with van der Waals surface area (Å²) in [4.78, 5) is 30.3. The van der Waals surface area contributed by atoms with Gasteiger partial charge in [0.1, 0.15) is 0 Å². The van der Waals surface area contributed by atoms with Gasteiger partial charge in [0.05, 0.1) is 23.9 Å². The Hall–Kier alpha value is -2.70. The van der Waals surface area contributed by atoms with Crippen molar-refractivity contribution in [1.82, 2.24) is 25.4 Å². The van der Waals surface area contributed by atoms with E-state index in [4.69, 9.17) is 0 Å². The number of hydrogen-bond donors (Lipinski definition) is 2. The highest BCUT2D eigenvalue weighted by molar-refractivity contribution is 5.80. The number of pyridine rings is 1. The van der Waals surface area contributed by atoms with E-state index >= 15 is 0 Å². The van der Waals surface area contributed by atoms with Crippen LogP contribution in [0.1, 0.15) is 54.0 Å². The molecule has 2 aromatic rings. The van der Waals surface area contributed by atoms with E-state index in [2.05, 4.69) is 20.5 Å². The Balaban J connectivity index is 1.69. The average Bonchev–Trinajstić information content (AvgIpc) is 3.23. The van der Waals surface area contributed by atoms with Crippen molar-refractivity contribution < 1.29 is 9.59 Å². The van der Waals surface area contributed by atoms with Crippen molar-refractivity contribution in [2.75, 3.05) is 6.54 Å². The zero-order valence-electron chi connectivity index (χ0n) is 15.5. The molecule has 0 saturated carbocycles. The van der Waals surface area contributed by atoms with Crippen molar-refractivity contribution in [3.63, 3.8) is 0 Å². The molecule has 0 bridgehead atoms. The quantitative estimate of drug-likeness (QED) is 0.858. The van der Waals surface area contributed by atoms with Crippen LogP contribution in [0.25, 0.3) is 0 Å². The number of aryl methyl sites for hydroxylation is 2. The summed E-state index contributed by atoms with van der Waals surface area (Å²) in [6.45, 7) is 6.58. The van der Waals surface area contributed by atoms with Crippen LogP contribution in [0, 0.1) is 13.8 Å². The maximum absolute atomic E-state index is 12.9. The number of aromatic amines is 1. The minimum Gasteiger partial charge on any atom is -0.352 e. The maximum Gasteiger partial charge on any atom is 0.227 e. The lowest BCUT2D eigenvalue weighted by Gasteiger charge is -2.24. The molecule has 1 atom stereocenters. The standard InChI is InChI=1S/C19H25N5O2/c1-12-16(13(2)23-22-12)9-19(26)24-8-4-5-18(24)17-7-6-15(11-21-17)10-20-14(3)25/h6-7,11,18H,4-5,8-10H2,1-3H3,(H,20,25)(H,22,23)/t18-/m0/s1. The van der Waals surface area contributed by atoms with E-state index < -0.39 is 0 Å². The number of nitrogens with one attached hydrogen (secondary N) is 2. The molecule has 2 N–H and O–H groups in total. The summed E-state index contributed by atoms with van der Waals surface area (Å²) < 4.78 is 0. The van der Waals surface area contributed by atoms with Gasteiger partial charge in [-0.05, 0) is 38.3 Å². The molecule has 7 heteroatoms. The van der Waals surface area contributed by atoms with Gasteiger partial charge in [0.2, 0.25) is 11.8 Å². The molecule has 2 aromatic heterocycles. The molecule has 0 radical (unpaired) electrons. The predicted molar refractivity (Wildman–Crippen MR) is 97.2 cm³/mol. The second-order valence-corrected chi connectivity index (χ2v) is 6.84. The van der Waals surface area contributed by atoms with Crippen molar-refractivity contribution in [2.45, 2.75) is 52.6 Å². The molecule has 138 valence electrons. The van der Waals surface area contributed by atoms with Crippen LogP contribution < -0.4 is 5.32 Å². The van der Waals surface area contributed by atoms with Gasteiger partial charge < -0.3 is 10.2 Å². The number of amides is 2. The Morgan fingerprint density at radius 2 is 2.15 bits per heavy atom. The molecule has 1 aliphatic rings. The minimum absolute atomic E-state index is 0.0184. The molecule has 1 saturated heterocycles. The van der Waals surface area contributed by atoms with Crippen molar-refractivity contribution in [3.05, 3.63) is 46.5 Å². The average molecular weight is 355 g/mol. The van der Waals surface area contributed by atoms with Crippen LogP contribution in [0.15, 0.2) is 18.3 Å². The lowest BCUT2D eigenvalue weighted by atomic mass is 10.1. The third kappa shape index (κ3) is 3.92. The van der Waals surface area contributed by atoms with Crippen LogP contribution in [-0.4, -0.2) is 38.4 Å². The highest BCUT2D eigenvalue weighted by Crippen LogP contribution is 2.31. The molecule has 3 rings (SSSR count). The molecule has 0 aliphatic carbocycles. The van der Waals surface area contributed by atoms with E-state index in [0.29, 0.717) is 13.0 Å². The zero-order chi connectivity index (χ0) is 18.7. The zero-order valence-corrected chi connectivity index (χ0v) is 15.5. The summed E-state index contributed by atoms with van der Waals surface area (Å²) in [6.07, 6.45) is 4.05. The van der Waals surface area contributed by atoms with E-state index in [-0.39, 0.29) is 17.9 Å². The number of hydrogen-bond acceptors (Lipinski definition) is 4. The fraction of sp³-hybridized carbons (Fsp3) is 0.474. The minimum atomic E-state index is -0.0634. The first-order valence-electron chi connectivity index (χ1n) is 8.95. The van der Waals surface area contributed by atoms with Crippen molar-refractivity contribution in [3.8, 4) is 0 Å². The molecule has 0 unspecified atom stereocenters. The van der Waals surface area contributed by atoms with E-state index in [9.17, 15) is 9.59 Å². The number of carbonyl (C=O) groups is 2. The summed E-state index contributed by atoms with van der Waals surface area (Å²) in [7, 11) is 0. The molecule has 2 amide bonds. The number of carbonyl (C=O) groups excluding carboxylic acids is 2. The highest BCUT2D eigenvalue weighted by atomic mass is 16.2. The third-order valence-electron chi connectivity index (χ3n) is 4.91. The van der Waals surface area contributed by atoms with Gasteiger partial charge in [0.25, 0.3) is 0 Å². The van der Waals surface area contributed by atoms with Crippen LogP contribution in [0.2, 0.25) is 0 Å². The maximum atomic E-state index is 12.9. The first-order valence-corrected chi connectivity index (χ1v) is 8.95. The molecule has 1 aliphatic heterocycles. The largest absolute Gasteiger partial charge is 0.352 e. The number of nitrogens with zero attached hydrogens (tertiary/aromatic N) is 3. The van der Waals surface area contributed by atoms with E-state index in [1.807, 2.05) is 30.9 Å². The number of likely N-dealkylation sites (tertiary alicyclic amines) is 1. The SMILES string of the molecule is CC(=O)NCc1ccc([C@@H]2CCCN2C(=O)Cc2c(C)n[nH]c2C)nc1. The van der Waals surface area contributed by atoms with Crippen LogP contribution in [0.4, 0.5) is 0 Å². The number of rotatable bonds is 5. The predicted octanol–water partition coefficient (Wildman–Crippen LogP) is 1.96. The van der Waals surface area contributed by atoms with Crippen molar-refractivity contribution in [1.29, 1.82) is 0 Å². The molecular weight excluding hydrogens is 330 g/mol. The Kier molecular flexibility index (Phi) is 5.35. The summed E-state index contributed by atoms with van der Waals surface area (Å²) in [5, 5.41) is 9.87. The number of aromatic nitrogens is 3. The third-order valence-corrected chi connectivity index (χ3v) is 4.91. The Bertz CT molecular complexity index is 777. The summed E-state index contributed by atoms with van der Waals surface area (Å²) in [5.74, 6) is 0.0516. The molecule has 1 fully saturated rings. The van der Waals surface area contributed by atoms with Gasteiger partial charge in [-0.1, -0.05) is 6.07 Å². The van der Waals surface area contributed by atoms with Crippen LogP contribution in [-0.2, 0) is 22.6 Å². The normalized spacial score (nSPS) is 16.7. The Morgan fingerprint density at radius 3 is 2.77 bits per heavy atom. The van der Waals surface area contributed by atoms with Crippen LogP contribution in [0.3, 0.4) is 0 Å². The van der Waals surface area contributed by atoms with Gasteiger partial charge >= 0.3 is 0 Å². The molecule has 3 heterocycles. The highest BCUT2D eigenvalue weighted by Gasteiger charge is 2.31. The first kappa shape index (κ1) is 18.1. The van der Waals surface area contributed by atoms with Crippen LogP contribution >= 0.6 is 0 Å². The van der Waals surface area contributed by atoms with Gasteiger partial charge in [0, 0.05) is 37.5 Å². The van der Waals surface area contributed by atoms with Gasteiger partial charge in [0.15, 0.2) is 0 Å². The van der Waals surface area contributed by atoms with Gasteiger partial charge in [-0.2, -0.15) is 5.10 Å². The Labute approximate surface area is 153 Å². The summed E-state index contributed by atoms with van der Waals surface area (Å²) >= 11 is 0. The summed E-state index contributed by atoms with van der Waals surface area (Å²) in [6, 6.07) is 3.94. The topological polar surface area (TPSA) is 91.0 Å². The molecule has 7 nitrogen and oxygen atoms in total. The lowest BCUT2D eigenvalue weighted by Crippen LogP contribution is -2.32. The second-order valence-electron chi connectivity index (χ2n) is 6.84. The van der Waals surface area contributed by atoms with Gasteiger partial charge in [-0.15, -0.1) is 0 Å². The molecule has 0 spiro atoms. The van der Waals surface area contributed by atoms with Crippen molar-refractivity contribution in [2.24, 2.45) is 0 Å². The molecule has 0 aromatic carbocycles. The van der Waals surface area contributed by atoms with E-state index in [1.54, 1.807) is 6.20 Å². The van der Waals surface area contributed by atoms with Gasteiger partial charge in [-0.3, -0.25) is 19.7 Å². The second kappa shape index (κ2) is 7.68. The first-order chi connectivity index (χ1) is 12.5. The van der Waals surface area contributed by atoms with Crippen LogP contribution in [0.5, 0.6) is 0 Å². The molecular formula is C19H25N5O2. The van der Waals surface area contributed by atoms with E-state index in [0.717, 1.165) is 47.6 Å².